The molecule has 0 spiro atoms. The Bertz CT molecular complexity index is 453. The predicted molar refractivity (Wildman–Crippen MR) is 52.5 cm³/mol. The molecule has 0 saturated heterocycles. The number of thiophene rings is 1. The Morgan fingerprint density at radius 3 is 3.45 bits per heavy atom. The fourth-order valence-corrected chi connectivity index (χ4v) is 3.49. The molecule has 0 amide bonds. The van der Waals surface area contributed by atoms with Gasteiger partial charge in [0.05, 0.1) is 0 Å². The van der Waals surface area contributed by atoms with E-state index in [-0.39, 0.29) is 0 Å². The van der Waals surface area contributed by atoms with Gasteiger partial charge in [0, 0.05) is 0 Å². The van der Waals surface area contributed by atoms with Crippen LogP contribution in [0.15, 0.2) is 23.0 Å². The molecule has 0 N–H and O–H groups in total. The van der Waals surface area contributed by atoms with E-state index >= 15 is 0 Å². The van der Waals surface area contributed by atoms with E-state index in [4.69, 9.17) is 0 Å². The summed E-state index contributed by atoms with van der Waals surface area (Å²) in [4.78, 5) is 1.50. The standard InChI is InChI=1S/C8H5BS2/c1-3-11-8-5(1)7-6(9-8)2-4-10-7/h1-3H,4H2. The van der Waals surface area contributed by atoms with Crippen molar-refractivity contribution in [3.8, 4) is 0 Å². The fraction of sp³-hybridized carbons (Fsp3) is 0.125. The third-order valence-electron chi connectivity index (χ3n) is 2.02. The Morgan fingerprint density at radius 1 is 1.45 bits per heavy atom. The van der Waals surface area contributed by atoms with E-state index in [1.165, 1.54) is 20.0 Å². The van der Waals surface area contributed by atoms with Gasteiger partial charge in [0.15, 0.2) is 0 Å². The molecule has 0 bridgehead atoms. The van der Waals surface area contributed by atoms with Crippen molar-refractivity contribution < 1.29 is 0 Å². The molecule has 0 aromatic carbocycles. The number of fused-ring (bicyclic) bond motifs is 2. The molecular weight excluding hydrogens is 171 g/mol. The second kappa shape index (κ2) is 2.11. The molecule has 0 unspecified atom stereocenters. The topological polar surface area (TPSA) is 0 Å². The van der Waals surface area contributed by atoms with Crippen molar-refractivity contribution in [2.75, 3.05) is 5.75 Å². The van der Waals surface area contributed by atoms with Gasteiger partial charge >= 0.3 is 73.3 Å². The first kappa shape index (κ1) is 6.26. The summed E-state index contributed by atoms with van der Waals surface area (Å²) in [5.74, 6) is 1.16. The van der Waals surface area contributed by atoms with Gasteiger partial charge < -0.3 is 0 Å². The van der Waals surface area contributed by atoms with Crippen LogP contribution in [-0.2, 0) is 0 Å². The first-order valence-corrected chi connectivity index (χ1v) is 5.44. The average Bonchev–Trinajstić information content (AvgIpc) is 2.52. The summed E-state index contributed by atoms with van der Waals surface area (Å²) >= 11 is 3.80. The first-order valence-electron chi connectivity index (χ1n) is 3.58. The van der Waals surface area contributed by atoms with Gasteiger partial charge in [-0.2, -0.15) is 0 Å². The molecule has 0 saturated carbocycles. The van der Waals surface area contributed by atoms with Gasteiger partial charge in [-0.1, -0.05) is 0 Å². The summed E-state index contributed by atoms with van der Waals surface area (Å²) in [7, 11) is 0. The molecule has 2 aliphatic heterocycles. The van der Waals surface area contributed by atoms with E-state index in [0.29, 0.717) is 0 Å². The van der Waals surface area contributed by atoms with Crippen LogP contribution in [0.5, 0.6) is 0 Å². The van der Waals surface area contributed by atoms with Gasteiger partial charge in [-0.3, -0.25) is 0 Å². The Morgan fingerprint density at radius 2 is 2.45 bits per heavy atom. The molecule has 0 atom stereocenters. The summed E-state index contributed by atoms with van der Waals surface area (Å²) in [6.45, 7) is 2.30. The molecule has 2 aliphatic rings. The molecular formula is C8H5BS2. The monoisotopic (exact) mass is 176 g/mol. The molecule has 1 aromatic heterocycles. The Labute approximate surface area is 73.5 Å². The molecule has 52 valence electrons. The van der Waals surface area contributed by atoms with Crippen LogP contribution < -0.4 is 5.22 Å². The van der Waals surface area contributed by atoms with Crippen LogP contribution in [-0.4, -0.2) is 12.7 Å². The normalized spacial score (nSPS) is 18.5. The second-order valence-corrected chi connectivity index (χ2v) is 4.62. The van der Waals surface area contributed by atoms with E-state index in [2.05, 4.69) is 24.4 Å². The molecule has 3 heterocycles. The minimum absolute atomic E-state index is 1.16. The SMILES string of the molecule is B1=c2sccc2=C2SCC=C12. The maximum absolute atomic E-state index is 2.31. The van der Waals surface area contributed by atoms with E-state index in [1.54, 1.807) is 0 Å². The quantitative estimate of drug-likeness (QED) is 0.539. The number of rotatable bonds is 0. The molecule has 0 nitrogen and oxygen atoms in total. The van der Waals surface area contributed by atoms with Crippen molar-refractivity contribution >= 4 is 34.9 Å². The zero-order valence-corrected chi connectivity index (χ0v) is 7.47. The molecule has 0 radical (unpaired) electrons. The third kappa shape index (κ3) is 0.755. The van der Waals surface area contributed by atoms with Crippen LogP contribution in [0.25, 0.3) is 4.91 Å². The van der Waals surface area contributed by atoms with Crippen molar-refractivity contribution in [1.82, 2.24) is 0 Å². The zero-order valence-electron chi connectivity index (χ0n) is 5.83. The van der Waals surface area contributed by atoms with Crippen molar-refractivity contribution in [2.24, 2.45) is 0 Å². The zero-order chi connectivity index (χ0) is 7.26. The van der Waals surface area contributed by atoms with Crippen LogP contribution in [0.1, 0.15) is 0 Å². The van der Waals surface area contributed by atoms with E-state index in [1.807, 2.05) is 23.1 Å². The van der Waals surface area contributed by atoms with Gasteiger partial charge in [-0.05, 0) is 0 Å². The van der Waals surface area contributed by atoms with E-state index < -0.39 is 0 Å². The maximum atomic E-state index is 2.31. The van der Waals surface area contributed by atoms with Crippen molar-refractivity contribution in [1.29, 1.82) is 0 Å². The predicted octanol–water partition coefficient (Wildman–Crippen LogP) is 1.46. The Hall–Kier alpha value is -0.275. The van der Waals surface area contributed by atoms with Gasteiger partial charge in [0.1, 0.15) is 0 Å². The molecule has 11 heavy (non-hydrogen) atoms. The van der Waals surface area contributed by atoms with Crippen LogP contribution in [0.3, 0.4) is 0 Å². The molecule has 3 rings (SSSR count). The van der Waals surface area contributed by atoms with Crippen molar-refractivity contribution in [3.63, 3.8) is 0 Å². The summed E-state index contributed by atoms with van der Waals surface area (Å²) in [6.07, 6.45) is 2.31. The second-order valence-electron chi connectivity index (χ2n) is 2.64. The summed E-state index contributed by atoms with van der Waals surface area (Å²) < 4.78 is 1.44. The summed E-state index contributed by atoms with van der Waals surface area (Å²) in [5.41, 5.74) is 1.46. The van der Waals surface area contributed by atoms with Gasteiger partial charge in [0.25, 0.3) is 0 Å². The first-order chi connectivity index (χ1) is 5.45. The van der Waals surface area contributed by atoms with Gasteiger partial charge in [0.2, 0.25) is 0 Å². The molecule has 0 fully saturated rings. The number of thioether (sulfide) groups is 1. The average molecular weight is 176 g/mol. The van der Waals surface area contributed by atoms with Crippen LogP contribution in [0, 0.1) is 4.42 Å². The fourth-order valence-electron chi connectivity index (χ4n) is 1.51. The van der Waals surface area contributed by atoms with Gasteiger partial charge in [-0.25, -0.2) is 0 Å². The van der Waals surface area contributed by atoms with Crippen molar-refractivity contribution in [2.45, 2.75) is 0 Å². The van der Waals surface area contributed by atoms with Crippen LogP contribution >= 0.6 is 23.1 Å². The Balaban J connectivity index is 2.55. The number of hydrogen-bond acceptors (Lipinski definition) is 2. The van der Waals surface area contributed by atoms with Gasteiger partial charge in [-0.15, -0.1) is 0 Å². The Kier molecular flexibility index (Phi) is 1.20. The van der Waals surface area contributed by atoms with E-state index in [9.17, 15) is 0 Å². The molecule has 3 heteroatoms. The van der Waals surface area contributed by atoms with Crippen LogP contribution in [0.2, 0.25) is 0 Å². The van der Waals surface area contributed by atoms with E-state index in [0.717, 1.165) is 5.75 Å². The number of hydrogen-bond donors (Lipinski definition) is 0. The molecule has 0 aliphatic carbocycles. The van der Waals surface area contributed by atoms with Crippen LogP contribution in [0.4, 0.5) is 0 Å². The summed E-state index contributed by atoms with van der Waals surface area (Å²) in [6, 6.07) is 2.23. The molecule has 1 aromatic rings. The minimum atomic E-state index is 1.16. The summed E-state index contributed by atoms with van der Waals surface area (Å²) in [5, 5.41) is 3.63. The van der Waals surface area contributed by atoms with Crippen molar-refractivity contribution in [3.05, 3.63) is 32.6 Å². The third-order valence-corrected chi connectivity index (χ3v) is 3.96.